The van der Waals surface area contributed by atoms with Crippen LogP contribution < -0.4 is 0 Å². The lowest BCUT2D eigenvalue weighted by atomic mass is 9.74. The summed E-state index contributed by atoms with van der Waals surface area (Å²) in [6, 6.07) is 8.47. The highest BCUT2D eigenvalue weighted by Gasteiger charge is 2.30. The first-order valence-corrected chi connectivity index (χ1v) is 11.3. The smallest absolute Gasteiger partial charge is 0.335 e. The summed E-state index contributed by atoms with van der Waals surface area (Å²) in [7, 11) is 0. The fraction of sp³-hybridized carbons (Fsp3) is 0.538. The Kier molecular flexibility index (Phi) is 10.6. The Morgan fingerprint density at radius 1 is 1.06 bits per heavy atom. The van der Waals surface area contributed by atoms with Crippen molar-refractivity contribution in [3.05, 3.63) is 59.7 Å². The Bertz CT molecular complexity index is 778. The van der Waals surface area contributed by atoms with Crippen molar-refractivity contribution in [2.24, 2.45) is 11.8 Å². The van der Waals surface area contributed by atoms with Crippen molar-refractivity contribution in [2.45, 2.75) is 51.4 Å². The van der Waals surface area contributed by atoms with Gasteiger partial charge in [-0.05, 0) is 68.4 Å². The summed E-state index contributed by atoms with van der Waals surface area (Å²) in [6.07, 6.45) is 5.17. The summed E-state index contributed by atoms with van der Waals surface area (Å²) >= 11 is 0. The molecule has 0 radical (unpaired) electrons. The van der Waals surface area contributed by atoms with Crippen molar-refractivity contribution in [2.75, 3.05) is 26.5 Å². The number of aliphatic hydroxyl groups is 1. The molecule has 0 amide bonds. The molecule has 1 aliphatic rings. The van der Waals surface area contributed by atoms with Crippen LogP contribution in [0.15, 0.2) is 48.6 Å². The first-order chi connectivity index (χ1) is 15.3. The van der Waals surface area contributed by atoms with Crippen LogP contribution in [0.25, 0.3) is 0 Å². The number of carbonyl (C=O) groups is 2. The van der Waals surface area contributed by atoms with E-state index in [1.165, 1.54) is 5.56 Å². The van der Waals surface area contributed by atoms with Gasteiger partial charge < -0.3 is 14.6 Å². The molecule has 6 heteroatoms. The zero-order chi connectivity index (χ0) is 23.5. The zero-order valence-corrected chi connectivity index (χ0v) is 19.0. The van der Waals surface area contributed by atoms with Gasteiger partial charge in [-0.15, -0.1) is 0 Å². The SMILES string of the molecule is C=C(C)C(=O)OCC(COC(=O)C(=C)CO)C1CCC(c2ccc(CCCF)cc2)CC1. The maximum Gasteiger partial charge on any atom is 0.335 e. The Hall–Kier alpha value is -2.47. The molecule has 1 fully saturated rings. The Labute approximate surface area is 190 Å². The molecule has 1 aromatic carbocycles. The molecule has 1 atom stereocenters. The van der Waals surface area contributed by atoms with Crippen molar-refractivity contribution in [1.29, 1.82) is 0 Å². The second-order valence-electron chi connectivity index (χ2n) is 8.64. The van der Waals surface area contributed by atoms with Crippen LogP contribution in [0.4, 0.5) is 4.39 Å². The fourth-order valence-electron chi connectivity index (χ4n) is 4.13. The molecule has 2 rings (SSSR count). The molecule has 1 saturated carbocycles. The van der Waals surface area contributed by atoms with Gasteiger partial charge in [0.05, 0.1) is 32.1 Å². The predicted octanol–water partition coefficient (Wildman–Crippen LogP) is 4.69. The number of esters is 2. The Balaban J connectivity index is 1.95. The van der Waals surface area contributed by atoms with E-state index in [2.05, 4.69) is 37.4 Å². The van der Waals surface area contributed by atoms with E-state index in [1.807, 2.05) is 0 Å². The molecule has 176 valence electrons. The van der Waals surface area contributed by atoms with Crippen LogP contribution in [-0.2, 0) is 25.5 Å². The molecule has 0 aliphatic heterocycles. The fourth-order valence-corrected chi connectivity index (χ4v) is 4.13. The summed E-state index contributed by atoms with van der Waals surface area (Å²) in [5, 5.41) is 9.06. The molecule has 1 N–H and O–H groups in total. The number of alkyl halides is 1. The third kappa shape index (κ3) is 7.90. The number of aliphatic hydroxyl groups excluding tert-OH is 1. The topological polar surface area (TPSA) is 72.8 Å². The highest BCUT2D eigenvalue weighted by atomic mass is 19.1. The molecular formula is C26H35FO5. The third-order valence-corrected chi connectivity index (χ3v) is 6.17. The molecule has 0 spiro atoms. The largest absolute Gasteiger partial charge is 0.462 e. The number of halogens is 1. The highest BCUT2D eigenvalue weighted by Crippen LogP contribution is 2.39. The van der Waals surface area contributed by atoms with E-state index in [-0.39, 0.29) is 37.3 Å². The van der Waals surface area contributed by atoms with Gasteiger partial charge in [-0.3, -0.25) is 4.39 Å². The van der Waals surface area contributed by atoms with Crippen LogP contribution in [0.5, 0.6) is 0 Å². The molecule has 32 heavy (non-hydrogen) atoms. The van der Waals surface area contributed by atoms with Gasteiger partial charge in [0, 0.05) is 11.5 Å². The average Bonchev–Trinajstić information content (AvgIpc) is 2.82. The molecular weight excluding hydrogens is 411 g/mol. The number of hydrogen-bond donors (Lipinski definition) is 1. The first-order valence-electron chi connectivity index (χ1n) is 11.3. The van der Waals surface area contributed by atoms with E-state index in [0.29, 0.717) is 17.9 Å². The average molecular weight is 447 g/mol. The van der Waals surface area contributed by atoms with E-state index in [9.17, 15) is 14.0 Å². The second kappa shape index (κ2) is 13.2. The summed E-state index contributed by atoms with van der Waals surface area (Å²) in [6.45, 7) is 8.20. The van der Waals surface area contributed by atoms with Gasteiger partial charge in [0.15, 0.2) is 0 Å². The maximum atomic E-state index is 12.4. The number of carbonyl (C=O) groups excluding carboxylic acids is 2. The minimum absolute atomic E-state index is 0.00125. The van der Waals surface area contributed by atoms with Crippen LogP contribution >= 0.6 is 0 Å². The summed E-state index contributed by atoms with van der Waals surface area (Å²) in [5.41, 5.74) is 2.78. The van der Waals surface area contributed by atoms with Crippen LogP contribution in [0.2, 0.25) is 0 Å². The number of ether oxygens (including phenoxy) is 2. The minimum atomic E-state index is -0.634. The quantitative estimate of drug-likeness (QED) is 0.373. The minimum Gasteiger partial charge on any atom is -0.462 e. The van der Waals surface area contributed by atoms with Crippen molar-refractivity contribution < 1.29 is 28.6 Å². The molecule has 0 saturated heterocycles. The van der Waals surface area contributed by atoms with Crippen molar-refractivity contribution in [1.82, 2.24) is 0 Å². The van der Waals surface area contributed by atoms with Gasteiger partial charge >= 0.3 is 11.9 Å². The van der Waals surface area contributed by atoms with Gasteiger partial charge in [0.25, 0.3) is 0 Å². The van der Waals surface area contributed by atoms with E-state index < -0.39 is 18.5 Å². The Morgan fingerprint density at radius 3 is 2.19 bits per heavy atom. The van der Waals surface area contributed by atoms with Crippen molar-refractivity contribution in [3.63, 3.8) is 0 Å². The second-order valence-corrected chi connectivity index (χ2v) is 8.64. The molecule has 1 aromatic rings. The van der Waals surface area contributed by atoms with Gasteiger partial charge in [-0.25, -0.2) is 9.59 Å². The van der Waals surface area contributed by atoms with E-state index in [4.69, 9.17) is 14.6 Å². The molecule has 1 aliphatic carbocycles. The van der Waals surface area contributed by atoms with E-state index >= 15 is 0 Å². The third-order valence-electron chi connectivity index (χ3n) is 6.17. The highest BCUT2D eigenvalue weighted by molar-refractivity contribution is 5.88. The molecule has 0 heterocycles. The zero-order valence-electron chi connectivity index (χ0n) is 19.0. The summed E-state index contributed by atoms with van der Waals surface area (Å²) < 4.78 is 23.1. The van der Waals surface area contributed by atoms with Crippen LogP contribution in [0.1, 0.15) is 56.1 Å². The van der Waals surface area contributed by atoms with Crippen LogP contribution in [-0.4, -0.2) is 43.5 Å². The van der Waals surface area contributed by atoms with Gasteiger partial charge in [-0.2, -0.15) is 0 Å². The monoisotopic (exact) mass is 446 g/mol. The molecule has 0 bridgehead atoms. The maximum absolute atomic E-state index is 12.4. The standard InChI is InChI=1S/C26H35FO5/c1-18(2)25(29)31-16-24(17-32-26(30)19(3)15-28)23-12-10-22(11-13-23)21-8-6-20(7-9-21)5-4-14-27/h6-9,22-24,28H,1,3-5,10-17H2,2H3. The van der Waals surface area contributed by atoms with E-state index in [1.54, 1.807) is 6.92 Å². The number of rotatable bonds is 12. The van der Waals surface area contributed by atoms with Gasteiger partial charge in [0.1, 0.15) is 0 Å². The van der Waals surface area contributed by atoms with Crippen LogP contribution in [0, 0.1) is 11.8 Å². The van der Waals surface area contributed by atoms with Crippen molar-refractivity contribution >= 4 is 11.9 Å². The van der Waals surface area contributed by atoms with E-state index in [0.717, 1.165) is 37.7 Å². The normalized spacial score (nSPS) is 19.1. The number of hydrogen-bond acceptors (Lipinski definition) is 5. The van der Waals surface area contributed by atoms with Crippen LogP contribution in [0.3, 0.4) is 0 Å². The molecule has 1 unspecified atom stereocenters. The predicted molar refractivity (Wildman–Crippen MR) is 122 cm³/mol. The Morgan fingerprint density at radius 2 is 1.66 bits per heavy atom. The van der Waals surface area contributed by atoms with Crippen molar-refractivity contribution in [3.8, 4) is 0 Å². The number of aryl methyl sites for hydroxylation is 1. The first kappa shape index (κ1) is 25.8. The lowest BCUT2D eigenvalue weighted by Gasteiger charge is -2.33. The molecule has 0 aromatic heterocycles. The summed E-state index contributed by atoms with van der Waals surface area (Å²) in [5.74, 6) is -0.509. The van der Waals surface area contributed by atoms with Gasteiger partial charge in [-0.1, -0.05) is 37.4 Å². The number of benzene rings is 1. The summed E-state index contributed by atoms with van der Waals surface area (Å²) in [4.78, 5) is 23.8. The lowest BCUT2D eigenvalue weighted by Crippen LogP contribution is -2.30. The lowest BCUT2D eigenvalue weighted by molar-refractivity contribution is -0.146. The van der Waals surface area contributed by atoms with Gasteiger partial charge in [0.2, 0.25) is 0 Å². The molecule has 5 nitrogen and oxygen atoms in total.